The van der Waals surface area contributed by atoms with Crippen molar-refractivity contribution in [3.05, 3.63) is 17.2 Å². The minimum atomic E-state index is -1.04. The van der Waals surface area contributed by atoms with Crippen molar-refractivity contribution in [2.75, 3.05) is 0 Å². The van der Waals surface area contributed by atoms with E-state index in [2.05, 4.69) is 10.3 Å². The number of nitrogens with one attached hydrogen (secondary N) is 1. The highest BCUT2D eigenvalue weighted by Gasteiger charge is 2.24. The Labute approximate surface area is 123 Å². The van der Waals surface area contributed by atoms with Crippen molar-refractivity contribution in [3.63, 3.8) is 0 Å². The molecule has 21 heavy (non-hydrogen) atoms. The van der Waals surface area contributed by atoms with E-state index in [-0.39, 0.29) is 12.4 Å². The Kier molecular flexibility index (Phi) is 4.20. The van der Waals surface area contributed by atoms with Crippen molar-refractivity contribution in [2.45, 2.75) is 58.7 Å². The van der Waals surface area contributed by atoms with Gasteiger partial charge in [-0.15, -0.1) is 0 Å². The first-order valence-corrected chi connectivity index (χ1v) is 7.06. The first-order chi connectivity index (χ1) is 9.78. The van der Waals surface area contributed by atoms with Crippen LogP contribution in [0.25, 0.3) is 0 Å². The van der Waals surface area contributed by atoms with E-state index in [0.717, 1.165) is 25.0 Å². The van der Waals surface area contributed by atoms with Gasteiger partial charge >= 0.3 is 12.1 Å². The number of alkyl carbamates (subject to hydrolysis) is 1. The molecule has 0 radical (unpaired) electrons. The van der Waals surface area contributed by atoms with Gasteiger partial charge in [-0.1, -0.05) is 0 Å². The lowest BCUT2D eigenvalue weighted by molar-refractivity contribution is 0.0522. The van der Waals surface area contributed by atoms with Crippen LogP contribution in [0.3, 0.4) is 0 Å². The van der Waals surface area contributed by atoms with Gasteiger partial charge in [0.05, 0.1) is 12.2 Å². The Balaban J connectivity index is 2.10. The zero-order valence-corrected chi connectivity index (χ0v) is 12.6. The molecule has 116 valence electrons. The molecule has 0 saturated heterocycles. The molecule has 0 unspecified atom stereocenters. The number of carboxylic acid groups (broad SMARTS) is 1. The Morgan fingerprint density at radius 2 is 2.10 bits per heavy atom. The van der Waals surface area contributed by atoms with E-state index in [0.29, 0.717) is 12.2 Å². The summed E-state index contributed by atoms with van der Waals surface area (Å²) in [4.78, 5) is 27.0. The normalized spacial score (nSPS) is 14.4. The van der Waals surface area contributed by atoms with Gasteiger partial charge in [0.15, 0.2) is 0 Å². The maximum Gasteiger partial charge on any atom is 0.407 e. The molecule has 0 saturated carbocycles. The van der Waals surface area contributed by atoms with Crippen LogP contribution >= 0.6 is 0 Å². The molecular weight excluding hydrogens is 274 g/mol. The SMILES string of the molecule is CC(C)(C)OC(=O)NCc1nc(C(=O)O)n2c1CCCC2. The van der Waals surface area contributed by atoms with Gasteiger partial charge in [-0.25, -0.2) is 14.6 Å². The monoisotopic (exact) mass is 295 g/mol. The molecule has 2 rings (SSSR count). The van der Waals surface area contributed by atoms with Gasteiger partial charge in [0.1, 0.15) is 5.60 Å². The van der Waals surface area contributed by atoms with Crippen LogP contribution in [0, 0.1) is 0 Å². The third-order valence-corrected chi connectivity index (χ3v) is 3.19. The van der Waals surface area contributed by atoms with Crippen LogP contribution in [-0.2, 0) is 24.2 Å². The number of hydrogen-bond donors (Lipinski definition) is 2. The standard InChI is InChI=1S/C14H21N3O4/c1-14(2,3)21-13(20)15-8-9-10-6-4-5-7-17(10)11(16-9)12(18)19/h4-8H2,1-3H3,(H,15,20)(H,18,19). The van der Waals surface area contributed by atoms with E-state index in [1.165, 1.54) is 0 Å². The minimum Gasteiger partial charge on any atom is -0.475 e. The number of carbonyl (C=O) groups excluding carboxylic acids is 1. The largest absolute Gasteiger partial charge is 0.475 e. The van der Waals surface area contributed by atoms with Crippen LogP contribution < -0.4 is 5.32 Å². The predicted molar refractivity (Wildman–Crippen MR) is 75.2 cm³/mol. The lowest BCUT2D eigenvalue weighted by Gasteiger charge is -2.20. The van der Waals surface area contributed by atoms with Gasteiger partial charge in [0.25, 0.3) is 0 Å². The highest BCUT2D eigenvalue weighted by Crippen LogP contribution is 2.21. The summed E-state index contributed by atoms with van der Waals surface area (Å²) < 4.78 is 6.89. The predicted octanol–water partition coefficient (Wildman–Crippen LogP) is 1.94. The second kappa shape index (κ2) is 5.75. The molecule has 0 spiro atoms. The molecule has 7 nitrogen and oxygen atoms in total. The molecule has 0 atom stereocenters. The van der Waals surface area contributed by atoms with Crippen molar-refractivity contribution in [3.8, 4) is 0 Å². The number of rotatable bonds is 3. The summed E-state index contributed by atoms with van der Waals surface area (Å²) in [6, 6.07) is 0. The van der Waals surface area contributed by atoms with Crippen LogP contribution in [-0.4, -0.2) is 32.3 Å². The minimum absolute atomic E-state index is 0.0469. The third kappa shape index (κ3) is 3.74. The zero-order chi connectivity index (χ0) is 15.6. The fraction of sp³-hybridized carbons (Fsp3) is 0.643. The first-order valence-electron chi connectivity index (χ1n) is 7.06. The number of ether oxygens (including phenoxy) is 1. The van der Waals surface area contributed by atoms with Gasteiger partial charge in [-0.05, 0) is 40.0 Å². The number of aromatic nitrogens is 2. The Morgan fingerprint density at radius 3 is 2.71 bits per heavy atom. The van der Waals surface area contributed by atoms with Gasteiger partial charge in [-0.3, -0.25) is 0 Å². The van der Waals surface area contributed by atoms with Gasteiger partial charge in [0, 0.05) is 12.2 Å². The number of aromatic carboxylic acids is 1. The van der Waals surface area contributed by atoms with Crippen molar-refractivity contribution in [2.24, 2.45) is 0 Å². The molecule has 2 heterocycles. The maximum absolute atomic E-state index is 11.7. The van der Waals surface area contributed by atoms with Crippen LogP contribution in [0.15, 0.2) is 0 Å². The summed E-state index contributed by atoms with van der Waals surface area (Å²) in [5, 5.41) is 11.8. The van der Waals surface area contributed by atoms with E-state index < -0.39 is 17.7 Å². The van der Waals surface area contributed by atoms with Crippen molar-refractivity contribution < 1.29 is 19.4 Å². The summed E-state index contributed by atoms with van der Waals surface area (Å²) in [6.45, 7) is 6.20. The van der Waals surface area contributed by atoms with E-state index in [4.69, 9.17) is 4.74 Å². The fourth-order valence-electron chi connectivity index (χ4n) is 2.39. The van der Waals surface area contributed by atoms with Crippen molar-refractivity contribution in [1.82, 2.24) is 14.9 Å². The van der Waals surface area contributed by atoms with Crippen LogP contribution in [0.1, 0.15) is 55.6 Å². The highest BCUT2D eigenvalue weighted by atomic mass is 16.6. The maximum atomic E-state index is 11.7. The average molecular weight is 295 g/mol. The van der Waals surface area contributed by atoms with Gasteiger partial charge < -0.3 is 19.7 Å². The summed E-state index contributed by atoms with van der Waals surface area (Å²) >= 11 is 0. The lowest BCUT2D eigenvalue weighted by atomic mass is 10.1. The molecule has 7 heteroatoms. The summed E-state index contributed by atoms with van der Waals surface area (Å²) in [5.74, 6) is -0.993. The van der Waals surface area contributed by atoms with Crippen molar-refractivity contribution in [1.29, 1.82) is 0 Å². The zero-order valence-electron chi connectivity index (χ0n) is 12.6. The van der Waals surface area contributed by atoms with E-state index in [9.17, 15) is 14.7 Å². The number of imidazole rings is 1. The molecule has 1 aromatic rings. The molecular formula is C14H21N3O4. The number of fused-ring (bicyclic) bond motifs is 1. The van der Waals surface area contributed by atoms with E-state index >= 15 is 0 Å². The summed E-state index contributed by atoms with van der Waals surface area (Å²) in [7, 11) is 0. The van der Waals surface area contributed by atoms with E-state index in [1.54, 1.807) is 25.3 Å². The van der Waals surface area contributed by atoms with Crippen LogP contribution in [0.4, 0.5) is 4.79 Å². The summed E-state index contributed by atoms with van der Waals surface area (Å²) in [5.41, 5.74) is 0.942. The van der Waals surface area contributed by atoms with Crippen LogP contribution in [0.5, 0.6) is 0 Å². The number of carboxylic acids is 1. The fourth-order valence-corrected chi connectivity index (χ4v) is 2.39. The molecule has 1 aromatic heterocycles. The third-order valence-electron chi connectivity index (χ3n) is 3.19. The number of nitrogens with zero attached hydrogens (tertiary/aromatic N) is 2. The topological polar surface area (TPSA) is 93.4 Å². The molecule has 0 bridgehead atoms. The molecule has 1 aliphatic rings. The Hall–Kier alpha value is -2.05. The van der Waals surface area contributed by atoms with E-state index in [1.807, 2.05) is 0 Å². The Bertz CT molecular complexity index is 557. The average Bonchev–Trinajstić information content (AvgIpc) is 2.73. The van der Waals surface area contributed by atoms with Gasteiger partial charge in [0.2, 0.25) is 5.82 Å². The quantitative estimate of drug-likeness (QED) is 0.889. The first kappa shape index (κ1) is 15.3. The molecule has 0 aromatic carbocycles. The molecule has 1 amide bonds. The van der Waals surface area contributed by atoms with Crippen LogP contribution in [0.2, 0.25) is 0 Å². The summed E-state index contributed by atoms with van der Waals surface area (Å²) in [6.07, 6.45) is 2.20. The lowest BCUT2D eigenvalue weighted by Crippen LogP contribution is -2.32. The Morgan fingerprint density at radius 1 is 1.38 bits per heavy atom. The second-order valence-corrected chi connectivity index (χ2v) is 6.10. The highest BCUT2D eigenvalue weighted by molar-refractivity contribution is 5.84. The smallest absolute Gasteiger partial charge is 0.407 e. The van der Waals surface area contributed by atoms with Gasteiger partial charge in [-0.2, -0.15) is 0 Å². The second-order valence-electron chi connectivity index (χ2n) is 6.10. The number of amides is 1. The molecule has 2 N–H and O–H groups in total. The molecule has 0 fully saturated rings. The van der Waals surface area contributed by atoms with Crippen molar-refractivity contribution >= 4 is 12.1 Å². The number of hydrogen-bond acceptors (Lipinski definition) is 4. The number of carbonyl (C=O) groups is 2. The molecule has 1 aliphatic heterocycles. The molecule has 0 aliphatic carbocycles.